The molecule has 1 aromatic heterocycles. The summed E-state index contributed by atoms with van der Waals surface area (Å²) in [6.45, 7) is 2.77. The van der Waals surface area contributed by atoms with Crippen LogP contribution >= 0.6 is 22.9 Å². The summed E-state index contributed by atoms with van der Waals surface area (Å²) >= 11 is 7.29. The van der Waals surface area contributed by atoms with E-state index in [1.807, 2.05) is 0 Å². The quantitative estimate of drug-likeness (QED) is 0.301. The summed E-state index contributed by atoms with van der Waals surface area (Å²) in [4.78, 5) is 26.6. The van der Waals surface area contributed by atoms with Crippen LogP contribution in [0.3, 0.4) is 0 Å². The molecule has 0 spiro atoms. The maximum absolute atomic E-state index is 13.9. The summed E-state index contributed by atoms with van der Waals surface area (Å²) in [5.74, 6) is -0.589. The van der Waals surface area contributed by atoms with Gasteiger partial charge in [-0.1, -0.05) is 35.9 Å². The molecule has 0 saturated carbocycles. The lowest BCUT2D eigenvalue weighted by atomic mass is 9.81. The summed E-state index contributed by atoms with van der Waals surface area (Å²) in [6, 6.07) is 14.8. The average molecular weight is 532 g/mol. The van der Waals surface area contributed by atoms with Crippen LogP contribution in [0.25, 0.3) is 0 Å². The summed E-state index contributed by atoms with van der Waals surface area (Å²) in [7, 11) is 0. The second kappa shape index (κ2) is 10.3. The van der Waals surface area contributed by atoms with Crippen molar-refractivity contribution in [1.82, 2.24) is 5.32 Å². The second-order valence-corrected chi connectivity index (χ2v) is 11.4. The number of ketones is 1. The number of rotatable bonds is 7. The van der Waals surface area contributed by atoms with Crippen LogP contribution in [-0.2, 0) is 4.74 Å². The third kappa shape index (κ3) is 5.45. The number of quaternary nitrogens is 1. The Balaban J connectivity index is 1.30. The first kappa shape index (κ1) is 24.9. The molecule has 3 fully saturated rings. The van der Waals surface area contributed by atoms with Crippen molar-refractivity contribution in [2.45, 2.75) is 25.0 Å². The van der Waals surface area contributed by atoms with E-state index in [1.165, 1.54) is 47.7 Å². The third-order valence-corrected chi connectivity index (χ3v) is 8.53. The van der Waals surface area contributed by atoms with Gasteiger partial charge < -0.3 is 14.5 Å². The van der Waals surface area contributed by atoms with E-state index in [-0.39, 0.29) is 11.8 Å². The fourth-order valence-electron chi connectivity index (χ4n) is 5.48. The van der Waals surface area contributed by atoms with Crippen LogP contribution in [0.1, 0.15) is 39.7 Å². The Morgan fingerprint density at radius 3 is 2.22 bits per heavy atom. The van der Waals surface area contributed by atoms with Crippen molar-refractivity contribution >= 4 is 34.8 Å². The Bertz CT molecular complexity index is 1230. The van der Waals surface area contributed by atoms with E-state index in [0.717, 1.165) is 25.9 Å². The Morgan fingerprint density at radius 2 is 1.67 bits per heavy atom. The fraction of sp³-hybridized carbons (Fsp3) is 0.333. The fourth-order valence-corrected chi connectivity index (χ4v) is 6.45. The van der Waals surface area contributed by atoms with Crippen LogP contribution in [0, 0.1) is 17.6 Å². The Hall–Kier alpha value is -2.81. The monoisotopic (exact) mass is 531 g/mol. The van der Waals surface area contributed by atoms with Gasteiger partial charge in [-0.15, -0.1) is 11.3 Å². The van der Waals surface area contributed by atoms with Crippen LogP contribution in [-0.4, -0.2) is 48.6 Å². The van der Waals surface area contributed by atoms with E-state index in [1.54, 1.807) is 24.3 Å². The van der Waals surface area contributed by atoms with E-state index < -0.39 is 23.8 Å². The molecule has 36 heavy (non-hydrogen) atoms. The van der Waals surface area contributed by atoms with Gasteiger partial charge in [0.25, 0.3) is 0 Å². The maximum atomic E-state index is 13.9. The first-order valence-electron chi connectivity index (χ1n) is 11.9. The lowest BCUT2D eigenvalue weighted by Gasteiger charge is -2.52. The first-order chi connectivity index (χ1) is 17.3. The summed E-state index contributed by atoms with van der Waals surface area (Å²) in [5, 5.41) is 3.00. The van der Waals surface area contributed by atoms with Gasteiger partial charge in [0.2, 0.25) is 5.78 Å². The van der Waals surface area contributed by atoms with Crippen LogP contribution in [0.15, 0.2) is 60.7 Å². The number of nitrogens with one attached hydrogen (secondary N) is 1. The molecule has 3 aliphatic heterocycles. The van der Waals surface area contributed by atoms with Gasteiger partial charge in [-0.05, 0) is 53.4 Å². The van der Waals surface area contributed by atoms with E-state index in [9.17, 15) is 18.4 Å². The number of fused-ring (bicyclic) bond motifs is 3. The molecule has 5 nitrogen and oxygen atoms in total. The van der Waals surface area contributed by atoms with E-state index in [0.29, 0.717) is 43.8 Å². The Kier molecular flexibility index (Phi) is 7.10. The molecule has 1 amide bonds. The molecule has 0 unspecified atom stereocenters. The van der Waals surface area contributed by atoms with Gasteiger partial charge in [0.15, 0.2) is 6.10 Å². The van der Waals surface area contributed by atoms with Gasteiger partial charge in [-0.25, -0.2) is 13.6 Å². The number of Topliss-reactive ketones (excluding diaryl/α,β-unsaturated/α-hetero) is 1. The number of ether oxygens (including phenoxy) is 1. The number of hydrogen-bond donors (Lipinski definition) is 1. The molecule has 3 saturated heterocycles. The number of benzene rings is 2. The summed E-state index contributed by atoms with van der Waals surface area (Å²) < 4.78 is 34.8. The molecule has 188 valence electrons. The molecule has 3 aromatic rings. The molecular formula is C27H26ClF2N2O3S+. The van der Waals surface area contributed by atoms with Gasteiger partial charge >= 0.3 is 6.09 Å². The summed E-state index contributed by atoms with van der Waals surface area (Å²) in [6.07, 6.45) is 0.189. The van der Waals surface area contributed by atoms with Gasteiger partial charge in [-0.2, -0.15) is 0 Å². The van der Waals surface area contributed by atoms with Gasteiger partial charge in [0.1, 0.15) is 18.2 Å². The van der Waals surface area contributed by atoms with E-state index >= 15 is 0 Å². The van der Waals surface area contributed by atoms with E-state index in [2.05, 4.69) is 5.32 Å². The average Bonchev–Trinajstić information content (AvgIpc) is 3.29. The topological polar surface area (TPSA) is 55.4 Å². The van der Waals surface area contributed by atoms with Crippen molar-refractivity contribution in [2.75, 3.05) is 26.2 Å². The minimum absolute atomic E-state index is 0.0610. The number of alkyl carbamates (subject to hydrolysis) is 1. The largest absolute Gasteiger partial charge is 0.436 e. The van der Waals surface area contributed by atoms with Gasteiger partial charge in [-0.3, -0.25) is 4.79 Å². The zero-order valence-corrected chi connectivity index (χ0v) is 21.0. The number of halogens is 3. The number of amides is 1. The standard InChI is InChI=1S/C27H25ClF2N2O3S/c28-25-8-7-24(36-25)23(33)16-32-11-9-17(10-12-32)22(15-32)31-27(34)35-26(18-3-1-5-20(29)13-18)19-4-2-6-21(30)14-19/h1-8,13-14,17,22,26H,9-12,15-16H2/p+1/t17?,22-,32?/m0/s1. The van der Waals surface area contributed by atoms with Gasteiger partial charge in [0.05, 0.1) is 34.9 Å². The molecule has 0 aliphatic carbocycles. The molecule has 0 radical (unpaired) electrons. The van der Waals surface area contributed by atoms with Crippen LogP contribution in [0.2, 0.25) is 4.34 Å². The van der Waals surface area contributed by atoms with Crippen molar-refractivity contribution in [3.8, 4) is 0 Å². The number of thiophene rings is 1. The predicted molar refractivity (Wildman–Crippen MR) is 134 cm³/mol. The van der Waals surface area contributed by atoms with E-state index in [4.69, 9.17) is 16.3 Å². The molecule has 3 aliphatic rings. The molecule has 2 bridgehead atoms. The Morgan fingerprint density at radius 1 is 1.03 bits per heavy atom. The highest BCUT2D eigenvalue weighted by Gasteiger charge is 2.47. The number of piperidine rings is 3. The molecular weight excluding hydrogens is 506 g/mol. The third-order valence-electron chi connectivity index (χ3n) is 7.26. The van der Waals surface area contributed by atoms with Crippen molar-refractivity contribution in [1.29, 1.82) is 0 Å². The SMILES string of the molecule is O=C(N[C@H]1C[N+]2(CC(=O)c3ccc(Cl)s3)CCC1CC2)OC(c1cccc(F)c1)c1cccc(F)c1. The molecule has 4 heterocycles. The Labute approximate surface area is 217 Å². The minimum Gasteiger partial charge on any atom is -0.436 e. The predicted octanol–water partition coefficient (Wildman–Crippen LogP) is 5.99. The highest BCUT2D eigenvalue weighted by Crippen LogP contribution is 2.35. The molecule has 2 aromatic carbocycles. The highest BCUT2D eigenvalue weighted by molar-refractivity contribution is 7.18. The minimum atomic E-state index is -0.967. The van der Waals surface area contributed by atoms with Crippen molar-refractivity contribution in [3.63, 3.8) is 0 Å². The maximum Gasteiger partial charge on any atom is 0.408 e. The number of carbonyl (C=O) groups is 2. The zero-order valence-electron chi connectivity index (χ0n) is 19.5. The highest BCUT2D eigenvalue weighted by atomic mass is 35.5. The van der Waals surface area contributed by atoms with Crippen molar-refractivity contribution in [2.24, 2.45) is 5.92 Å². The number of nitrogens with zero attached hydrogens (tertiary/aromatic N) is 1. The van der Waals surface area contributed by atoms with Crippen LogP contribution in [0.5, 0.6) is 0 Å². The normalized spacial score (nSPS) is 23.0. The number of hydrogen-bond acceptors (Lipinski definition) is 4. The molecule has 9 heteroatoms. The second-order valence-electron chi connectivity index (χ2n) is 9.64. The molecule has 6 rings (SSSR count). The summed E-state index contributed by atoms with van der Waals surface area (Å²) in [5.41, 5.74) is 0.821. The lowest BCUT2D eigenvalue weighted by molar-refractivity contribution is -0.936. The number of carbonyl (C=O) groups excluding carboxylic acids is 2. The smallest absolute Gasteiger partial charge is 0.408 e. The zero-order chi connectivity index (χ0) is 25.3. The van der Waals surface area contributed by atoms with Crippen LogP contribution in [0.4, 0.5) is 13.6 Å². The van der Waals surface area contributed by atoms with Crippen LogP contribution < -0.4 is 5.32 Å². The molecule has 1 N–H and O–H groups in total. The van der Waals surface area contributed by atoms with Crippen molar-refractivity contribution < 1.29 is 27.6 Å². The first-order valence-corrected chi connectivity index (χ1v) is 13.1. The van der Waals surface area contributed by atoms with Gasteiger partial charge in [0, 0.05) is 12.8 Å². The van der Waals surface area contributed by atoms with Crippen molar-refractivity contribution in [3.05, 3.63) is 92.6 Å². The molecule has 1 atom stereocenters. The lowest BCUT2D eigenvalue weighted by Crippen LogP contribution is -2.68.